The molecule has 3 aromatic rings. The number of fused-ring (bicyclic) bond motifs is 1. The number of aryl methyl sites for hydroxylation is 1. The molecule has 0 radical (unpaired) electrons. The van der Waals surface area contributed by atoms with Crippen molar-refractivity contribution in [3.05, 3.63) is 52.5 Å². The van der Waals surface area contributed by atoms with Crippen molar-refractivity contribution in [2.24, 2.45) is 0 Å². The van der Waals surface area contributed by atoms with E-state index < -0.39 is 0 Å². The molecule has 3 rings (SSSR count). The molecule has 0 aliphatic rings. The third-order valence-corrected chi connectivity index (χ3v) is 3.31. The molecule has 2 aromatic carbocycles. The van der Waals surface area contributed by atoms with Crippen LogP contribution in [0.3, 0.4) is 0 Å². The number of aromatic amines is 1. The minimum atomic E-state index is 1.01. The average Bonchev–Trinajstić information content (AvgIpc) is 2.71. The smallest absolute Gasteiger partial charge is 0.0999 e. The lowest BCUT2D eigenvalue weighted by Crippen LogP contribution is -1.80. The number of nitrogens with zero attached hydrogens (tertiary/aromatic N) is 1. The highest BCUT2D eigenvalue weighted by molar-refractivity contribution is 9.10. The SMILES string of the molecule is Cc1cccc(-c2n[nH]c3cc(Br)ccc23)c1. The fraction of sp³-hybridized carbons (Fsp3) is 0.0714. The maximum atomic E-state index is 4.40. The van der Waals surface area contributed by atoms with Gasteiger partial charge in [0.1, 0.15) is 0 Å². The minimum Gasteiger partial charge on any atom is -0.277 e. The lowest BCUT2D eigenvalue weighted by atomic mass is 10.1. The van der Waals surface area contributed by atoms with E-state index in [0.717, 1.165) is 26.6 Å². The molecule has 0 aliphatic carbocycles. The van der Waals surface area contributed by atoms with Crippen LogP contribution in [-0.4, -0.2) is 10.2 Å². The fourth-order valence-corrected chi connectivity index (χ4v) is 2.37. The highest BCUT2D eigenvalue weighted by Crippen LogP contribution is 2.28. The zero-order valence-corrected chi connectivity index (χ0v) is 11.0. The number of rotatable bonds is 1. The van der Waals surface area contributed by atoms with Gasteiger partial charge in [-0.1, -0.05) is 39.7 Å². The first-order chi connectivity index (χ1) is 8.24. The first-order valence-electron chi connectivity index (χ1n) is 5.45. The molecule has 0 unspecified atom stereocenters. The molecule has 0 saturated carbocycles. The molecule has 0 fully saturated rings. The molecule has 84 valence electrons. The normalized spacial score (nSPS) is 10.9. The minimum absolute atomic E-state index is 1.01. The summed E-state index contributed by atoms with van der Waals surface area (Å²) in [5.74, 6) is 0. The van der Waals surface area contributed by atoms with Crippen LogP contribution in [-0.2, 0) is 0 Å². The molecule has 2 nitrogen and oxygen atoms in total. The maximum absolute atomic E-state index is 4.40. The Morgan fingerprint density at radius 3 is 2.82 bits per heavy atom. The van der Waals surface area contributed by atoms with Crippen molar-refractivity contribution >= 4 is 26.8 Å². The van der Waals surface area contributed by atoms with Gasteiger partial charge in [0.05, 0.1) is 11.2 Å². The number of hydrogen-bond donors (Lipinski definition) is 1. The van der Waals surface area contributed by atoms with Crippen molar-refractivity contribution in [3.63, 3.8) is 0 Å². The maximum Gasteiger partial charge on any atom is 0.0999 e. The molecular weight excluding hydrogens is 276 g/mol. The van der Waals surface area contributed by atoms with Crippen molar-refractivity contribution in [2.75, 3.05) is 0 Å². The monoisotopic (exact) mass is 286 g/mol. The van der Waals surface area contributed by atoms with Crippen molar-refractivity contribution in [2.45, 2.75) is 6.92 Å². The summed E-state index contributed by atoms with van der Waals surface area (Å²) < 4.78 is 1.06. The molecule has 0 atom stereocenters. The first kappa shape index (κ1) is 10.5. The van der Waals surface area contributed by atoms with Gasteiger partial charge in [-0.15, -0.1) is 0 Å². The van der Waals surface area contributed by atoms with Crippen LogP contribution in [0.2, 0.25) is 0 Å². The lowest BCUT2D eigenvalue weighted by Gasteiger charge is -1.99. The van der Waals surface area contributed by atoms with Crippen molar-refractivity contribution in [1.29, 1.82) is 0 Å². The van der Waals surface area contributed by atoms with E-state index in [2.05, 4.69) is 63.4 Å². The average molecular weight is 287 g/mol. The van der Waals surface area contributed by atoms with Gasteiger partial charge < -0.3 is 0 Å². The molecule has 3 heteroatoms. The summed E-state index contributed by atoms with van der Waals surface area (Å²) in [6.45, 7) is 2.09. The van der Waals surface area contributed by atoms with Gasteiger partial charge in [0.15, 0.2) is 0 Å². The predicted octanol–water partition coefficient (Wildman–Crippen LogP) is 4.30. The Kier molecular flexibility index (Phi) is 2.48. The predicted molar refractivity (Wildman–Crippen MR) is 74.0 cm³/mol. The molecule has 0 spiro atoms. The molecule has 17 heavy (non-hydrogen) atoms. The summed E-state index contributed by atoms with van der Waals surface area (Å²) in [6, 6.07) is 14.6. The van der Waals surface area contributed by atoms with Crippen LogP contribution in [0.5, 0.6) is 0 Å². The van der Waals surface area contributed by atoms with E-state index in [9.17, 15) is 0 Å². The third kappa shape index (κ3) is 1.87. The Morgan fingerprint density at radius 2 is 2.00 bits per heavy atom. The van der Waals surface area contributed by atoms with Crippen LogP contribution in [0.25, 0.3) is 22.2 Å². The van der Waals surface area contributed by atoms with Crippen molar-refractivity contribution in [3.8, 4) is 11.3 Å². The second kappa shape index (κ2) is 4.00. The van der Waals surface area contributed by atoms with Gasteiger partial charge in [0, 0.05) is 15.4 Å². The van der Waals surface area contributed by atoms with E-state index in [4.69, 9.17) is 0 Å². The Morgan fingerprint density at radius 1 is 1.12 bits per heavy atom. The summed E-state index contributed by atoms with van der Waals surface area (Å²) in [6.07, 6.45) is 0. The molecule has 0 amide bonds. The van der Waals surface area contributed by atoms with Gasteiger partial charge in [0.25, 0.3) is 0 Å². The summed E-state index contributed by atoms with van der Waals surface area (Å²) in [4.78, 5) is 0. The van der Waals surface area contributed by atoms with Gasteiger partial charge in [-0.25, -0.2) is 0 Å². The number of nitrogens with one attached hydrogen (secondary N) is 1. The van der Waals surface area contributed by atoms with Gasteiger partial charge in [0.2, 0.25) is 0 Å². The standard InChI is InChI=1S/C14H11BrN2/c1-9-3-2-4-10(7-9)14-12-6-5-11(15)8-13(12)16-17-14/h2-8H,1H3,(H,16,17). The van der Waals surface area contributed by atoms with E-state index in [-0.39, 0.29) is 0 Å². The number of aromatic nitrogens is 2. The van der Waals surface area contributed by atoms with Crippen LogP contribution in [0, 0.1) is 6.92 Å². The van der Waals surface area contributed by atoms with Crippen molar-refractivity contribution in [1.82, 2.24) is 10.2 Å². The number of halogens is 1. The number of hydrogen-bond acceptors (Lipinski definition) is 1. The zero-order valence-electron chi connectivity index (χ0n) is 9.37. The van der Waals surface area contributed by atoms with Crippen LogP contribution >= 0.6 is 15.9 Å². The Bertz CT molecular complexity index is 686. The molecule has 0 bridgehead atoms. The van der Waals surface area contributed by atoms with Crippen LogP contribution in [0.15, 0.2) is 46.9 Å². The largest absolute Gasteiger partial charge is 0.277 e. The molecule has 0 aliphatic heterocycles. The Balaban J connectivity index is 2.24. The summed E-state index contributed by atoms with van der Waals surface area (Å²) in [7, 11) is 0. The van der Waals surface area contributed by atoms with E-state index in [1.165, 1.54) is 5.56 Å². The number of benzene rings is 2. The highest BCUT2D eigenvalue weighted by atomic mass is 79.9. The zero-order chi connectivity index (χ0) is 11.8. The fourth-order valence-electron chi connectivity index (χ4n) is 2.00. The Hall–Kier alpha value is -1.61. The molecular formula is C14H11BrN2. The van der Waals surface area contributed by atoms with Crippen molar-refractivity contribution < 1.29 is 0 Å². The molecule has 1 N–H and O–H groups in total. The third-order valence-electron chi connectivity index (χ3n) is 2.82. The van der Waals surface area contributed by atoms with Gasteiger partial charge >= 0.3 is 0 Å². The summed E-state index contributed by atoms with van der Waals surface area (Å²) in [5.41, 5.74) is 4.46. The van der Waals surface area contributed by atoms with Crippen LogP contribution < -0.4 is 0 Å². The summed E-state index contributed by atoms with van der Waals surface area (Å²) >= 11 is 3.46. The molecule has 1 heterocycles. The van der Waals surface area contributed by atoms with Gasteiger partial charge in [-0.05, 0) is 31.2 Å². The molecule has 1 aromatic heterocycles. The molecule has 0 saturated heterocycles. The topological polar surface area (TPSA) is 28.7 Å². The van der Waals surface area contributed by atoms with Crippen LogP contribution in [0.1, 0.15) is 5.56 Å². The summed E-state index contributed by atoms with van der Waals surface area (Å²) in [5, 5.41) is 8.62. The lowest BCUT2D eigenvalue weighted by molar-refractivity contribution is 1.12. The first-order valence-corrected chi connectivity index (χ1v) is 6.24. The second-order valence-electron chi connectivity index (χ2n) is 4.13. The second-order valence-corrected chi connectivity index (χ2v) is 5.05. The van der Waals surface area contributed by atoms with E-state index in [1.54, 1.807) is 0 Å². The highest BCUT2D eigenvalue weighted by Gasteiger charge is 2.07. The van der Waals surface area contributed by atoms with Crippen LogP contribution in [0.4, 0.5) is 0 Å². The van der Waals surface area contributed by atoms with E-state index >= 15 is 0 Å². The van der Waals surface area contributed by atoms with Gasteiger partial charge in [-0.2, -0.15) is 5.10 Å². The Labute approximate surface area is 108 Å². The van der Waals surface area contributed by atoms with E-state index in [1.807, 2.05) is 12.1 Å². The number of H-pyrrole nitrogens is 1. The van der Waals surface area contributed by atoms with E-state index in [0.29, 0.717) is 0 Å². The van der Waals surface area contributed by atoms with Gasteiger partial charge in [-0.3, -0.25) is 5.10 Å². The quantitative estimate of drug-likeness (QED) is 0.710.